The molecule has 0 saturated carbocycles. The van der Waals surface area contributed by atoms with Crippen LogP contribution in [-0.2, 0) is 16.1 Å². The largest absolute Gasteiger partial charge is 0.339 e. The maximum absolute atomic E-state index is 12.2. The van der Waals surface area contributed by atoms with Crippen molar-refractivity contribution in [2.45, 2.75) is 6.54 Å². The molecule has 0 N–H and O–H groups in total. The van der Waals surface area contributed by atoms with Crippen molar-refractivity contribution < 1.29 is 9.59 Å². The van der Waals surface area contributed by atoms with E-state index < -0.39 is 0 Å². The number of thioether (sulfide) groups is 1. The van der Waals surface area contributed by atoms with Crippen LogP contribution in [-0.4, -0.2) is 75.9 Å². The molecule has 114 valence electrons. The summed E-state index contributed by atoms with van der Waals surface area (Å²) in [4.78, 5) is 33.9. The molecule has 2 aliphatic heterocycles. The first-order chi connectivity index (χ1) is 10.2. The Labute approximate surface area is 132 Å². The number of nitrogens with zero attached hydrogens (tertiary/aromatic N) is 4. The number of piperazine rings is 1. The fraction of sp³-hybridized carbons (Fsp3) is 0.615. The number of carbonyl (C=O) groups excluding carboxylic acids is 2. The summed E-state index contributed by atoms with van der Waals surface area (Å²) in [6, 6.07) is 0. The van der Waals surface area contributed by atoms with Crippen molar-refractivity contribution in [2.24, 2.45) is 0 Å². The molecule has 0 aliphatic carbocycles. The van der Waals surface area contributed by atoms with E-state index in [0.717, 1.165) is 38.4 Å². The summed E-state index contributed by atoms with van der Waals surface area (Å²) in [5.74, 6) is 1.30. The maximum atomic E-state index is 12.2. The standard InChI is InChI=1S/C13H18N4O2S2/c18-12(6-17-10-21-8-13(17)19)16-3-1-15(2-4-16)5-11-7-20-9-14-11/h7,9H,1-6,8,10H2. The lowest BCUT2D eigenvalue weighted by molar-refractivity contribution is -0.139. The molecule has 0 radical (unpaired) electrons. The van der Waals surface area contributed by atoms with E-state index in [1.807, 2.05) is 10.4 Å². The van der Waals surface area contributed by atoms with Crippen LogP contribution in [0.4, 0.5) is 0 Å². The van der Waals surface area contributed by atoms with Crippen molar-refractivity contribution in [2.75, 3.05) is 44.4 Å². The Hall–Kier alpha value is -1.12. The van der Waals surface area contributed by atoms with Crippen LogP contribution >= 0.6 is 23.1 Å². The molecular formula is C13H18N4O2S2. The topological polar surface area (TPSA) is 56.8 Å². The number of rotatable bonds is 4. The molecule has 3 heterocycles. The zero-order valence-electron chi connectivity index (χ0n) is 11.7. The summed E-state index contributed by atoms with van der Waals surface area (Å²) in [5, 5.41) is 2.06. The van der Waals surface area contributed by atoms with Gasteiger partial charge in [0.2, 0.25) is 11.8 Å². The van der Waals surface area contributed by atoms with E-state index in [1.54, 1.807) is 28.0 Å². The van der Waals surface area contributed by atoms with Crippen molar-refractivity contribution >= 4 is 34.9 Å². The zero-order chi connectivity index (χ0) is 14.7. The molecule has 0 aromatic carbocycles. The van der Waals surface area contributed by atoms with Gasteiger partial charge in [0.25, 0.3) is 0 Å². The van der Waals surface area contributed by atoms with E-state index in [0.29, 0.717) is 11.6 Å². The predicted molar refractivity (Wildman–Crippen MR) is 83.0 cm³/mol. The Morgan fingerprint density at radius 2 is 2.10 bits per heavy atom. The minimum Gasteiger partial charge on any atom is -0.339 e. The van der Waals surface area contributed by atoms with Gasteiger partial charge in [-0.1, -0.05) is 0 Å². The van der Waals surface area contributed by atoms with Crippen LogP contribution < -0.4 is 0 Å². The Balaban J connectivity index is 1.44. The molecule has 2 saturated heterocycles. The second-order valence-corrected chi connectivity index (χ2v) is 6.88. The number of aromatic nitrogens is 1. The van der Waals surface area contributed by atoms with Crippen LogP contribution in [0, 0.1) is 0 Å². The van der Waals surface area contributed by atoms with E-state index in [4.69, 9.17) is 0 Å². The Morgan fingerprint density at radius 3 is 2.71 bits per heavy atom. The number of carbonyl (C=O) groups is 2. The molecule has 6 nitrogen and oxygen atoms in total. The van der Waals surface area contributed by atoms with Crippen molar-refractivity contribution in [3.05, 3.63) is 16.6 Å². The third kappa shape index (κ3) is 3.75. The summed E-state index contributed by atoms with van der Waals surface area (Å²) in [6.45, 7) is 4.29. The van der Waals surface area contributed by atoms with Gasteiger partial charge in [-0.3, -0.25) is 14.5 Å². The first kappa shape index (κ1) is 14.8. The van der Waals surface area contributed by atoms with E-state index >= 15 is 0 Å². The summed E-state index contributed by atoms with van der Waals surface area (Å²) in [6.07, 6.45) is 0. The van der Waals surface area contributed by atoms with Crippen molar-refractivity contribution in [3.8, 4) is 0 Å². The average Bonchev–Trinajstić information content (AvgIpc) is 3.12. The van der Waals surface area contributed by atoms with E-state index in [-0.39, 0.29) is 18.4 Å². The molecule has 0 unspecified atom stereocenters. The normalized spacial score (nSPS) is 20.3. The van der Waals surface area contributed by atoms with Crippen LogP contribution in [0.5, 0.6) is 0 Å². The molecule has 0 atom stereocenters. The molecular weight excluding hydrogens is 308 g/mol. The second kappa shape index (κ2) is 6.76. The third-order valence-corrected chi connectivity index (χ3v) is 5.33. The number of thiazole rings is 1. The Kier molecular flexibility index (Phi) is 4.77. The summed E-state index contributed by atoms with van der Waals surface area (Å²) < 4.78 is 0. The highest BCUT2D eigenvalue weighted by Gasteiger charge is 2.27. The third-order valence-electron chi connectivity index (χ3n) is 3.75. The monoisotopic (exact) mass is 326 g/mol. The van der Waals surface area contributed by atoms with E-state index in [2.05, 4.69) is 15.3 Å². The average molecular weight is 326 g/mol. The Morgan fingerprint density at radius 1 is 1.29 bits per heavy atom. The zero-order valence-corrected chi connectivity index (χ0v) is 13.4. The van der Waals surface area contributed by atoms with Gasteiger partial charge in [-0.15, -0.1) is 23.1 Å². The summed E-state index contributed by atoms with van der Waals surface area (Å²) in [5.41, 5.74) is 2.94. The van der Waals surface area contributed by atoms with Gasteiger partial charge in [0.05, 0.1) is 22.8 Å². The maximum Gasteiger partial charge on any atom is 0.242 e. The van der Waals surface area contributed by atoms with Gasteiger partial charge in [-0.25, -0.2) is 4.98 Å². The number of hydrogen-bond acceptors (Lipinski definition) is 6. The van der Waals surface area contributed by atoms with Gasteiger partial charge in [0.1, 0.15) is 6.54 Å². The van der Waals surface area contributed by atoms with Gasteiger partial charge in [-0.05, 0) is 0 Å². The fourth-order valence-corrected chi connectivity index (χ4v) is 3.96. The lowest BCUT2D eigenvalue weighted by atomic mass is 10.3. The Bertz CT molecular complexity index is 500. The lowest BCUT2D eigenvalue weighted by Gasteiger charge is -2.35. The fourth-order valence-electron chi connectivity index (χ4n) is 2.50. The molecule has 8 heteroatoms. The van der Waals surface area contributed by atoms with Crippen molar-refractivity contribution in [1.82, 2.24) is 19.7 Å². The highest BCUT2D eigenvalue weighted by molar-refractivity contribution is 8.00. The SMILES string of the molecule is O=C(CN1CSCC1=O)N1CCN(Cc2cscn2)CC1. The van der Waals surface area contributed by atoms with Crippen LogP contribution in [0.15, 0.2) is 10.9 Å². The molecule has 2 fully saturated rings. The van der Waals surface area contributed by atoms with E-state index in [9.17, 15) is 9.59 Å². The minimum atomic E-state index is 0.0687. The van der Waals surface area contributed by atoms with E-state index in [1.165, 1.54) is 0 Å². The molecule has 21 heavy (non-hydrogen) atoms. The summed E-state index contributed by atoms with van der Waals surface area (Å²) >= 11 is 3.18. The van der Waals surface area contributed by atoms with Gasteiger partial charge in [0, 0.05) is 38.1 Å². The molecule has 2 amide bonds. The van der Waals surface area contributed by atoms with Crippen LogP contribution in [0.2, 0.25) is 0 Å². The van der Waals surface area contributed by atoms with Gasteiger partial charge in [-0.2, -0.15) is 0 Å². The molecule has 0 spiro atoms. The van der Waals surface area contributed by atoms with Crippen LogP contribution in [0.1, 0.15) is 5.69 Å². The minimum absolute atomic E-state index is 0.0687. The van der Waals surface area contributed by atoms with Crippen LogP contribution in [0.25, 0.3) is 0 Å². The van der Waals surface area contributed by atoms with Gasteiger partial charge < -0.3 is 9.80 Å². The van der Waals surface area contributed by atoms with Gasteiger partial charge in [0.15, 0.2) is 0 Å². The molecule has 1 aromatic heterocycles. The highest BCUT2D eigenvalue weighted by Crippen LogP contribution is 2.15. The molecule has 0 bridgehead atoms. The van der Waals surface area contributed by atoms with Crippen LogP contribution in [0.3, 0.4) is 0 Å². The second-order valence-electron chi connectivity index (χ2n) is 5.21. The molecule has 3 rings (SSSR count). The smallest absolute Gasteiger partial charge is 0.242 e. The van der Waals surface area contributed by atoms with Crippen molar-refractivity contribution in [3.63, 3.8) is 0 Å². The molecule has 1 aromatic rings. The summed E-state index contributed by atoms with van der Waals surface area (Å²) in [7, 11) is 0. The van der Waals surface area contributed by atoms with Crippen molar-refractivity contribution in [1.29, 1.82) is 0 Å². The number of hydrogen-bond donors (Lipinski definition) is 0. The highest BCUT2D eigenvalue weighted by atomic mass is 32.2. The lowest BCUT2D eigenvalue weighted by Crippen LogP contribution is -2.51. The first-order valence-corrected chi connectivity index (χ1v) is 9.05. The molecule has 2 aliphatic rings. The van der Waals surface area contributed by atoms with Gasteiger partial charge >= 0.3 is 0 Å². The number of amides is 2. The quantitative estimate of drug-likeness (QED) is 0.798. The first-order valence-electron chi connectivity index (χ1n) is 6.95. The predicted octanol–water partition coefficient (Wildman–Crippen LogP) is 0.320.